The summed E-state index contributed by atoms with van der Waals surface area (Å²) in [6.45, 7) is 2.52. The van der Waals surface area contributed by atoms with Gasteiger partial charge in [0.25, 0.3) is 0 Å². The van der Waals surface area contributed by atoms with Crippen molar-refractivity contribution < 1.29 is 4.39 Å². The molecular formula is C14H19ClFN. The SMILES string of the molecule is Cc1cc(CCC2(CN)CCC2)cc(Cl)c1F. The number of nitrogens with two attached hydrogens (primary N) is 1. The van der Waals surface area contributed by atoms with Gasteiger partial charge in [0.15, 0.2) is 0 Å². The van der Waals surface area contributed by atoms with Crippen molar-refractivity contribution in [2.75, 3.05) is 6.54 Å². The smallest absolute Gasteiger partial charge is 0.144 e. The molecule has 1 aliphatic carbocycles. The summed E-state index contributed by atoms with van der Waals surface area (Å²) in [5.74, 6) is -0.299. The quantitative estimate of drug-likeness (QED) is 0.869. The Morgan fingerprint density at radius 3 is 2.59 bits per heavy atom. The Hall–Kier alpha value is -0.600. The average molecular weight is 256 g/mol. The molecule has 0 radical (unpaired) electrons. The van der Waals surface area contributed by atoms with Crippen molar-refractivity contribution in [3.05, 3.63) is 34.1 Å². The highest BCUT2D eigenvalue weighted by atomic mass is 35.5. The third-order valence-corrected chi connectivity index (χ3v) is 4.34. The zero-order valence-electron chi connectivity index (χ0n) is 10.2. The minimum absolute atomic E-state index is 0.232. The lowest BCUT2D eigenvalue weighted by molar-refractivity contribution is 0.131. The van der Waals surface area contributed by atoms with Gasteiger partial charge in [-0.05, 0) is 61.8 Å². The molecule has 1 aromatic rings. The van der Waals surface area contributed by atoms with Gasteiger partial charge in [0.05, 0.1) is 5.02 Å². The van der Waals surface area contributed by atoms with Gasteiger partial charge >= 0.3 is 0 Å². The summed E-state index contributed by atoms with van der Waals surface area (Å²) in [5, 5.41) is 0.232. The maximum Gasteiger partial charge on any atom is 0.144 e. The predicted molar refractivity (Wildman–Crippen MR) is 69.8 cm³/mol. The topological polar surface area (TPSA) is 26.0 Å². The van der Waals surface area contributed by atoms with E-state index in [1.807, 2.05) is 6.07 Å². The van der Waals surface area contributed by atoms with Gasteiger partial charge in [0.1, 0.15) is 5.82 Å². The molecule has 0 aliphatic heterocycles. The molecule has 2 N–H and O–H groups in total. The van der Waals surface area contributed by atoms with Crippen molar-refractivity contribution >= 4 is 11.6 Å². The summed E-state index contributed by atoms with van der Waals surface area (Å²) in [6.07, 6.45) is 5.79. The molecule has 0 saturated heterocycles. The van der Waals surface area contributed by atoms with Crippen LogP contribution in [-0.4, -0.2) is 6.54 Å². The van der Waals surface area contributed by atoms with Gasteiger partial charge in [-0.3, -0.25) is 0 Å². The number of hydrogen-bond acceptors (Lipinski definition) is 1. The van der Waals surface area contributed by atoms with Crippen LogP contribution in [0.3, 0.4) is 0 Å². The van der Waals surface area contributed by atoms with E-state index in [-0.39, 0.29) is 10.8 Å². The summed E-state index contributed by atoms with van der Waals surface area (Å²) in [5.41, 5.74) is 7.92. The van der Waals surface area contributed by atoms with Crippen LogP contribution < -0.4 is 5.73 Å². The Kier molecular flexibility index (Phi) is 3.74. The van der Waals surface area contributed by atoms with Gasteiger partial charge in [-0.25, -0.2) is 4.39 Å². The largest absolute Gasteiger partial charge is 0.330 e. The van der Waals surface area contributed by atoms with Crippen LogP contribution in [0.1, 0.15) is 36.8 Å². The van der Waals surface area contributed by atoms with E-state index < -0.39 is 0 Å². The Morgan fingerprint density at radius 2 is 2.12 bits per heavy atom. The van der Waals surface area contributed by atoms with Crippen molar-refractivity contribution in [2.45, 2.75) is 39.0 Å². The lowest BCUT2D eigenvalue weighted by Crippen LogP contribution is -2.37. The fourth-order valence-corrected chi connectivity index (χ4v) is 2.87. The van der Waals surface area contributed by atoms with E-state index in [1.165, 1.54) is 19.3 Å². The maximum atomic E-state index is 13.4. The van der Waals surface area contributed by atoms with E-state index in [2.05, 4.69) is 0 Å². The minimum atomic E-state index is -0.299. The molecule has 0 aromatic heterocycles. The van der Waals surface area contributed by atoms with Crippen molar-refractivity contribution in [1.29, 1.82) is 0 Å². The second-order valence-corrected chi connectivity index (χ2v) is 5.67. The van der Waals surface area contributed by atoms with Crippen molar-refractivity contribution in [1.82, 2.24) is 0 Å². The van der Waals surface area contributed by atoms with E-state index in [4.69, 9.17) is 17.3 Å². The summed E-state index contributed by atoms with van der Waals surface area (Å²) < 4.78 is 13.4. The van der Waals surface area contributed by atoms with Crippen molar-refractivity contribution in [3.63, 3.8) is 0 Å². The molecule has 0 heterocycles. The minimum Gasteiger partial charge on any atom is -0.330 e. The number of aryl methyl sites for hydroxylation is 2. The third-order valence-electron chi connectivity index (χ3n) is 4.06. The van der Waals surface area contributed by atoms with Crippen molar-refractivity contribution in [2.24, 2.45) is 11.1 Å². The fourth-order valence-electron chi connectivity index (χ4n) is 2.58. The van der Waals surface area contributed by atoms with E-state index in [0.717, 1.165) is 24.9 Å². The Morgan fingerprint density at radius 1 is 1.41 bits per heavy atom. The van der Waals surface area contributed by atoms with Gasteiger partial charge in [-0.2, -0.15) is 0 Å². The molecular weight excluding hydrogens is 237 g/mol. The fraction of sp³-hybridized carbons (Fsp3) is 0.571. The Balaban J connectivity index is 2.04. The van der Waals surface area contributed by atoms with Gasteiger partial charge in [0.2, 0.25) is 0 Å². The number of hydrogen-bond donors (Lipinski definition) is 1. The molecule has 0 bridgehead atoms. The molecule has 17 heavy (non-hydrogen) atoms. The summed E-state index contributed by atoms with van der Waals surface area (Å²) in [6, 6.07) is 3.64. The van der Waals surface area contributed by atoms with Crippen LogP contribution in [0, 0.1) is 18.2 Å². The summed E-state index contributed by atoms with van der Waals surface area (Å²) >= 11 is 5.85. The van der Waals surface area contributed by atoms with Crippen LogP contribution in [0.25, 0.3) is 0 Å². The molecule has 1 fully saturated rings. The monoisotopic (exact) mass is 255 g/mol. The lowest BCUT2D eigenvalue weighted by atomic mass is 9.66. The van der Waals surface area contributed by atoms with Gasteiger partial charge in [-0.1, -0.05) is 24.1 Å². The Bertz CT molecular complexity index is 384. The molecule has 0 unspecified atom stereocenters. The predicted octanol–water partition coefficient (Wildman–Crippen LogP) is 3.85. The van der Waals surface area contributed by atoms with Crippen LogP contribution in [0.5, 0.6) is 0 Å². The van der Waals surface area contributed by atoms with Gasteiger partial charge in [-0.15, -0.1) is 0 Å². The second kappa shape index (κ2) is 4.95. The zero-order valence-corrected chi connectivity index (χ0v) is 11.0. The van der Waals surface area contributed by atoms with E-state index in [1.54, 1.807) is 13.0 Å². The summed E-state index contributed by atoms with van der Waals surface area (Å²) in [7, 11) is 0. The molecule has 0 spiro atoms. The number of benzene rings is 1. The third kappa shape index (κ3) is 2.63. The van der Waals surface area contributed by atoms with Crippen LogP contribution in [0.2, 0.25) is 5.02 Å². The molecule has 1 saturated carbocycles. The maximum absolute atomic E-state index is 13.4. The molecule has 0 amide bonds. The van der Waals surface area contributed by atoms with E-state index >= 15 is 0 Å². The standard InChI is InChI=1S/C14H19ClFN/c1-10-7-11(8-12(15)13(10)16)3-6-14(9-17)4-2-5-14/h7-8H,2-6,9,17H2,1H3. The first-order valence-electron chi connectivity index (χ1n) is 6.21. The number of halogens is 2. The number of rotatable bonds is 4. The van der Waals surface area contributed by atoms with Gasteiger partial charge < -0.3 is 5.73 Å². The average Bonchev–Trinajstić information content (AvgIpc) is 2.25. The van der Waals surface area contributed by atoms with Crippen LogP contribution in [0.4, 0.5) is 4.39 Å². The molecule has 3 heteroatoms. The van der Waals surface area contributed by atoms with Crippen LogP contribution >= 0.6 is 11.6 Å². The highest BCUT2D eigenvalue weighted by Crippen LogP contribution is 2.43. The van der Waals surface area contributed by atoms with Gasteiger partial charge in [0, 0.05) is 0 Å². The second-order valence-electron chi connectivity index (χ2n) is 5.27. The highest BCUT2D eigenvalue weighted by molar-refractivity contribution is 6.30. The normalized spacial score (nSPS) is 17.9. The first-order valence-corrected chi connectivity index (χ1v) is 6.59. The molecule has 2 rings (SSSR count). The highest BCUT2D eigenvalue weighted by Gasteiger charge is 2.34. The Labute approximate surface area is 107 Å². The van der Waals surface area contributed by atoms with E-state index in [9.17, 15) is 4.39 Å². The van der Waals surface area contributed by atoms with Crippen molar-refractivity contribution in [3.8, 4) is 0 Å². The first kappa shape index (κ1) is 12.8. The van der Waals surface area contributed by atoms with E-state index in [0.29, 0.717) is 11.0 Å². The van der Waals surface area contributed by atoms with Crippen LogP contribution in [-0.2, 0) is 6.42 Å². The summed E-state index contributed by atoms with van der Waals surface area (Å²) in [4.78, 5) is 0. The molecule has 1 aromatic carbocycles. The first-order chi connectivity index (χ1) is 8.06. The van der Waals surface area contributed by atoms with Crippen LogP contribution in [0.15, 0.2) is 12.1 Å². The molecule has 94 valence electrons. The molecule has 0 atom stereocenters. The lowest BCUT2D eigenvalue weighted by Gasteiger charge is -2.41. The molecule has 1 aliphatic rings. The molecule has 1 nitrogen and oxygen atoms in total. The zero-order chi connectivity index (χ0) is 12.5.